The number of hydrogen-bond acceptors (Lipinski definition) is 3. The van der Waals surface area contributed by atoms with Crippen LogP contribution < -0.4 is 10.5 Å². The number of nitrogens with two attached hydrogens (primary N) is 1. The molecule has 1 aromatic heterocycles. The van der Waals surface area contributed by atoms with Gasteiger partial charge >= 0.3 is 0 Å². The van der Waals surface area contributed by atoms with Gasteiger partial charge in [-0.3, -0.25) is 4.98 Å². The van der Waals surface area contributed by atoms with Crippen molar-refractivity contribution in [3.05, 3.63) is 58.9 Å². The summed E-state index contributed by atoms with van der Waals surface area (Å²) in [5.74, 6) is 0.845. The van der Waals surface area contributed by atoms with Gasteiger partial charge in [-0.05, 0) is 56.5 Å². The Labute approximate surface area is 120 Å². The number of rotatable bonds is 4. The monoisotopic (exact) mass is 270 g/mol. The van der Waals surface area contributed by atoms with Gasteiger partial charge in [0.1, 0.15) is 5.75 Å². The van der Waals surface area contributed by atoms with Gasteiger partial charge < -0.3 is 10.5 Å². The predicted molar refractivity (Wildman–Crippen MR) is 81.9 cm³/mol. The Hall–Kier alpha value is -1.87. The molecule has 1 aromatic carbocycles. The van der Waals surface area contributed by atoms with E-state index in [9.17, 15) is 0 Å². The first kappa shape index (κ1) is 14.5. The highest BCUT2D eigenvalue weighted by molar-refractivity contribution is 5.37. The van der Waals surface area contributed by atoms with Crippen molar-refractivity contribution in [3.8, 4) is 5.75 Å². The Kier molecular flexibility index (Phi) is 4.40. The maximum atomic E-state index is 6.35. The molecule has 0 amide bonds. The van der Waals surface area contributed by atoms with Crippen LogP contribution in [-0.4, -0.2) is 11.1 Å². The molecule has 0 saturated carbocycles. The van der Waals surface area contributed by atoms with E-state index in [0.717, 1.165) is 28.1 Å². The van der Waals surface area contributed by atoms with Crippen LogP contribution >= 0.6 is 0 Å². The minimum Gasteiger partial charge on any atom is -0.491 e. The number of aryl methyl sites for hydroxylation is 2. The van der Waals surface area contributed by atoms with Crippen molar-refractivity contribution in [1.29, 1.82) is 0 Å². The van der Waals surface area contributed by atoms with E-state index < -0.39 is 0 Å². The molecule has 3 nitrogen and oxygen atoms in total. The van der Waals surface area contributed by atoms with Crippen LogP contribution in [0.3, 0.4) is 0 Å². The van der Waals surface area contributed by atoms with Gasteiger partial charge in [0.05, 0.1) is 17.8 Å². The van der Waals surface area contributed by atoms with Crippen LogP contribution in [0.5, 0.6) is 5.75 Å². The second kappa shape index (κ2) is 6.06. The van der Waals surface area contributed by atoms with Crippen molar-refractivity contribution in [1.82, 2.24) is 4.98 Å². The van der Waals surface area contributed by atoms with E-state index >= 15 is 0 Å². The van der Waals surface area contributed by atoms with Crippen LogP contribution in [0, 0.1) is 13.8 Å². The molecular weight excluding hydrogens is 248 g/mol. The van der Waals surface area contributed by atoms with Crippen LogP contribution in [0.25, 0.3) is 0 Å². The van der Waals surface area contributed by atoms with Gasteiger partial charge in [-0.1, -0.05) is 18.2 Å². The van der Waals surface area contributed by atoms with E-state index in [2.05, 4.69) is 11.1 Å². The Bertz CT molecular complexity index is 593. The van der Waals surface area contributed by atoms with E-state index in [-0.39, 0.29) is 12.1 Å². The summed E-state index contributed by atoms with van der Waals surface area (Å²) in [5, 5.41) is 0. The average Bonchev–Trinajstić information content (AvgIpc) is 2.37. The first-order valence-electron chi connectivity index (χ1n) is 6.92. The summed E-state index contributed by atoms with van der Waals surface area (Å²) in [7, 11) is 0. The fourth-order valence-electron chi connectivity index (χ4n) is 2.26. The maximum absolute atomic E-state index is 6.35. The third-order valence-electron chi connectivity index (χ3n) is 3.14. The lowest BCUT2D eigenvalue weighted by Gasteiger charge is -2.16. The molecule has 3 heteroatoms. The van der Waals surface area contributed by atoms with Crippen molar-refractivity contribution in [2.45, 2.75) is 39.8 Å². The molecule has 1 heterocycles. The molecule has 0 aliphatic rings. The normalized spacial score (nSPS) is 12.5. The summed E-state index contributed by atoms with van der Waals surface area (Å²) in [5.41, 5.74) is 10.5. The van der Waals surface area contributed by atoms with Gasteiger partial charge in [0.25, 0.3) is 0 Å². The van der Waals surface area contributed by atoms with Crippen LogP contribution in [0.1, 0.15) is 42.3 Å². The van der Waals surface area contributed by atoms with Crippen molar-refractivity contribution < 1.29 is 4.74 Å². The smallest absolute Gasteiger partial charge is 0.120 e. The molecule has 2 rings (SSSR count). The lowest BCUT2D eigenvalue weighted by Crippen LogP contribution is -2.15. The fraction of sp³-hybridized carbons (Fsp3) is 0.353. The fourth-order valence-corrected chi connectivity index (χ4v) is 2.26. The molecule has 0 aliphatic carbocycles. The molecule has 0 bridgehead atoms. The van der Waals surface area contributed by atoms with Gasteiger partial charge in [-0.15, -0.1) is 0 Å². The zero-order valence-electron chi connectivity index (χ0n) is 12.6. The van der Waals surface area contributed by atoms with Crippen LogP contribution in [-0.2, 0) is 0 Å². The summed E-state index contributed by atoms with van der Waals surface area (Å²) >= 11 is 0. The largest absolute Gasteiger partial charge is 0.491 e. The highest BCUT2D eigenvalue weighted by Crippen LogP contribution is 2.24. The first-order valence-corrected chi connectivity index (χ1v) is 6.92. The summed E-state index contributed by atoms with van der Waals surface area (Å²) in [4.78, 5) is 4.48. The number of aromatic nitrogens is 1. The van der Waals surface area contributed by atoms with E-state index in [0.29, 0.717) is 0 Å². The number of hydrogen-bond donors (Lipinski definition) is 1. The molecule has 1 atom stereocenters. The molecule has 2 aromatic rings. The molecule has 0 saturated heterocycles. The Balaban J connectivity index is 2.30. The zero-order valence-corrected chi connectivity index (χ0v) is 12.6. The van der Waals surface area contributed by atoms with Crippen LogP contribution in [0.2, 0.25) is 0 Å². The van der Waals surface area contributed by atoms with E-state index in [1.54, 1.807) is 0 Å². The lowest BCUT2D eigenvalue weighted by atomic mass is 10.00. The van der Waals surface area contributed by atoms with Crippen molar-refractivity contribution in [2.75, 3.05) is 0 Å². The van der Waals surface area contributed by atoms with Crippen LogP contribution in [0.4, 0.5) is 0 Å². The molecule has 20 heavy (non-hydrogen) atoms. The third-order valence-corrected chi connectivity index (χ3v) is 3.14. The maximum Gasteiger partial charge on any atom is 0.120 e. The highest BCUT2D eigenvalue weighted by Gasteiger charge is 2.14. The van der Waals surface area contributed by atoms with Gasteiger partial charge in [0.15, 0.2) is 0 Å². The standard InChI is InChI=1S/C17H22N2O/c1-11(2)20-15-7-5-6-14(9-15)16(18)17-13(4)8-12(3)10-19-17/h5-11,16H,18H2,1-4H3. The van der Waals surface area contributed by atoms with E-state index in [1.165, 1.54) is 0 Å². The number of pyridine rings is 1. The van der Waals surface area contributed by atoms with Gasteiger partial charge in [-0.2, -0.15) is 0 Å². The molecule has 106 valence electrons. The number of ether oxygens (including phenoxy) is 1. The second-order valence-corrected chi connectivity index (χ2v) is 5.43. The van der Waals surface area contributed by atoms with Gasteiger partial charge in [0.2, 0.25) is 0 Å². The van der Waals surface area contributed by atoms with Gasteiger partial charge in [-0.25, -0.2) is 0 Å². The van der Waals surface area contributed by atoms with Crippen molar-refractivity contribution in [2.24, 2.45) is 5.73 Å². The Morgan fingerprint density at radius 1 is 1.15 bits per heavy atom. The molecule has 2 N–H and O–H groups in total. The number of nitrogens with zero attached hydrogens (tertiary/aromatic N) is 1. The minimum atomic E-state index is -0.230. The Morgan fingerprint density at radius 2 is 1.90 bits per heavy atom. The van der Waals surface area contributed by atoms with Gasteiger partial charge in [0, 0.05) is 6.20 Å². The second-order valence-electron chi connectivity index (χ2n) is 5.43. The molecule has 0 fully saturated rings. The average molecular weight is 270 g/mol. The predicted octanol–water partition coefficient (Wildman–Crippen LogP) is 3.53. The quantitative estimate of drug-likeness (QED) is 0.924. The molecule has 0 spiro atoms. The summed E-state index contributed by atoms with van der Waals surface area (Å²) in [6.45, 7) is 8.10. The van der Waals surface area contributed by atoms with E-state index in [1.807, 2.05) is 58.2 Å². The lowest BCUT2D eigenvalue weighted by molar-refractivity contribution is 0.242. The summed E-state index contributed by atoms with van der Waals surface area (Å²) in [6.07, 6.45) is 2.01. The third kappa shape index (κ3) is 3.36. The molecular formula is C17H22N2O. The first-order chi connectivity index (χ1) is 9.47. The van der Waals surface area contributed by atoms with Crippen molar-refractivity contribution >= 4 is 0 Å². The molecule has 0 radical (unpaired) electrons. The molecule has 1 unspecified atom stereocenters. The topological polar surface area (TPSA) is 48.1 Å². The summed E-state index contributed by atoms with van der Waals surface area (Å²) in [6, 6.07) is 9.80. The van der Waals surface area contributed by atoms with Crippen molar-refractivity contribution in [3.63, 3.8) is 0 Å². The Morgan fingerprint density at radius 3 is 2.55 bits per heavy atom. The highest BCUT2D eigenvalue weighted by atomic mass is 16.5. The number of benzene rings is 1. The zero-order chi connectivity index (χ0) is 14.7. The summed E-state index contributed by atoms with van der Waals surface area (Å²) < 4.78 is 5.71. The van der Waals surface area contributed by atoms with E-state index in [4.69, 9.17) is 10.5 Å². The SMILES string of the molecule is Cc1cnc(C(N)c2cccc(OC(C)C)c2)c(C)c1. The molecule has 0 aliphatic heterocycles. The van der Waals surface area contributed by atoms with Crippen LogP contribution in [0.15, 0.2) is 36.5 Å². The minimum absolute atomic E-state index is 0.153.